The standard InChI is InChI=1S/C19H25N3O2/c1-14-19(15-7-4-3-5-8-15)24-17(21-14)10-11-18(23)22-12-6-9-16(13-22)20-2/h3-5,7-8,16,20H,6,9-13H2,1-2H3. The highest BCUT2D eigenvalue weighted by Gasteiger charge is 2.23. The maximum atomic E-state index is 12.4. The lowest BCUT2D eigenvalue weighted by molar-refractivity contribution is -0.132. The molecule has 2 aromatic rings. The molecule has 0 bridgehead atoms. The monoisotopic (exact) mass is 327 g/mol. The number of carbonyl (C=O) groups is 1. The van der Waals surface area contributed by atoms with E-state index >= 15 is 0 Å². The summed E-state index contributed by atoms with van der Waals surface area (Å²) >= 11 is 0. The highest BCUT2D eigenvalue weighted by molar-refractivity contribution is 5.76. The topological polar surface area (TPSA) is 58.4 Å². The van der Waals surface area contributed by atoms with Gasteiger partial charge in [-0.25, -0.2) is 4.98 Å². The average Bonchev–Trinajstić information content (AvgIpc) is 3.01. The van der Waals surface area contributed by atoms with E-state index in [1.165, 1.54) is 0 Å². The number of likely N-dealkylation sites (N-methyl/N-ethyl adjacent to an activating group) is 1. The molecule has 1 aliphatic rings. The summed E-state index contributed by atoms with van der Waals surface area (Å²) in [5, 5.41) is 3.27. The van der Waals surface area contributed by atoms with Crippen LogP contribution >= 0.6 is 0 Å². The molecule has 1 N–H and O–H groups in total. The van der Waals surface area contributed by atoms with Gasteiger partial charge >= 0.3 is 0 Å². The summed E-state index contributed by atoms with van der Waals surface area (Å²) in [4.78, 5) is 18.9. The van der Waals surface area contributed by atoms with E-state index in [4.69, 9.17) is 4.42 Å². The molecule has 3 rings (SSSR count). The van der Waals surface area contributed by atoms with E-state index in [2.05, 4.69) is 10.3 Å². The number of rotatable bonds is 5. The first-order valence-electron chi connectivity index (χ1n) is 8.64. The molecule has 1 atom stereocenters. The molecule has 0 spiro atoms. The van der Waals surface area contributed by atoms with Gasteiger partial charge in [-0.05, 0) is 26.8 Å². The van der Waals surface area contributed by atoms with Gasteiger partial charge < -0.3 is 14.6 Å². The summed E-state index contributed by atoms with van der Waals surface area (Å²) in [6, 6.07) is 10.4. The first kappa shape index (κ1) is 16.7. The summed E-state index contributed by atoms with van der Waals surface area (Å²) in [5.41, 5.74) is 1.89. The van der Waals surface area contributed by atoms with Gasteiger partial charge in [0.25, 0.3) is 0 Å². The number of hydrogen-bond acceptors (Lipinski definition) is 4. The maximum Gasteiger partial charge on any atom is 0.223 e. The van der Waals surface area contributed by atoms with E-state index in [0.29, 0.717) is 24.8 Å². The lowest BCUT2D eigenvalue weighted by atomic mass is 10.1. The van der Waals surface area contributed by atoms with Gasteiger partial charge in [0.2, 0.25) is 5.91 Å². The number of carbonyl (C=O) groups excluding carboxylic acids is 1. The molecule has 5 heteroatoms. The summed E-state index contributed by atoms with van der Waals surface area (Å²) in [6.07, 6.45) is 3.20. The zero-order valence-corrected chi connectivity index (χ0v) is 14.4. The Labute approximate surface area is 143 Å². The highest BCUT2D eigenvalue weighted by Crippen LogP contribution is 2.24. The number of nitrogens with zero attached hydrogens (tertiary/aromatic N) is 2. The van der Waals surface area contributed by atoms with Crippen molar-refractivity contribution in [1.82, 2.24) is 15.2 Å². The van der Waals surface area contributed by atoms with Gasteiger partial charge in [-0.1, -0.05) is 30.3 Å². The third-order valence-electron chi connectivity index (χ3n) is 4.61. The van der Waals surface area contributed by atoms with Gasteiger partial charge in [-0.2, -0.15) is 0 Å². The van der Waals surface area contributed by atoms with Crippen molar-refractivity contribution in [3.05, 3.63) is 41.9 Å². The van der Waals surface area contributed by atoms with Crippen LogP contribution in [0.5, 0.6) is 0 Å². The second-order valence-corrected chi connectivity index (χ2v) is 6.36. The van der Waals surface area contributed by atoms with E-state index in [9.17, 15) is 4.79 Å². The van der Waals surface area contributed by atoms with Crippen LogP contribution in [0.15, 0.2) is 34.7 Å². The third kappa shape index (κ3) is 3.85. The summed E-state index contributed by atoms with van der Waals surface area (Å²) in [7, 11) is 1.96. The number of piperidine rings is 1. The molecule has 0 aliphatic carbocycles. The fraction of sp³-hybridized carbons (Fsp3) is 0.474. The molecule has 1 amide bonds. The van der Waals surface area contributed by atoms with Crippen molar-refractivity contribution in [1.29, 1.82) is 0 Å². The molecule has 24 heavy (non-hydrogen) atoms. The minimum Gasteiger partial charge on any atom is -0.440 e. The Bertz CT molecular complexity index is 681. The smallest absolute Gasteiger partial charge is 0.223 e. The predicted molar refractivity (Wildman–Crippen MR) is 93.7 cm³/mol. The van der Waals surface area contributed by atoms with Crippen molar-refractivity contribution in [2.24, 2.45) is 0 Å². The number of likely N-dealkylation sites (tertiary alicyclic amines) is 1. The number of aryl methyl sites for hydroxylation is 2. The Kier molecular flexibility index (Phi) is 5.30. The van der Waals surface area contributed by atoms with E-state index in [1.807, 2.05) is 49.2 Å². The van der Waals surface area contributed by atoms with Crippen molar-refractivity contribution in [3.63, 3.8) is 0 Å². The molecule has 1 aliphatic heterocycles. The lowest BCUT2D eigenvalue weighted by Gasteiger charge is -2.32. The van der Waals surface area contributed by atoms with Gasteiger partial charge in [0.05, 0.1) is 5.69 Å². The molecule has 1 unspecified atom stereocenters. The number of nitrogens with one attached hydrogen (secondary N) is 1. The number of hydrogen-bond donors (Lipinski definition) is 1. The average molecular weight is 327 g/mol. The van der Waals surface area contributed by atoms with E-state index in [0.717, 1.165) is 42.9 Å². The van der Waals surface area contributed by atoms with Gasteiger partial charge in [0.1, 0.15) is 0 Å². The number of oxazole rings is 1. The van der Waals surface area contributed by atoms with E-state index in [-0.39, 0.29) is 5.91 Å². The van der Waals surface area contributed by atoms with Crippen LogP contribution in [0.2, 0.25) is 0 Å². The Morgan fingerprint density at radius 2 is 2.17 bits per heavy atom. The third-order valence-corrected chi connectivity index (χ3v) is 4.61. The SMILES string of the molecule is CNC1CCCN(C(=O)CCc2nc(C)c(-c3ccccc3)o2)C1. The van der Waals surface area contributed by atoms with Gasteiger partial charge in [-0.3, -0.25) is 4.79 Å². The van der Waals surface area contributed by atoms with Crippen LogP contribution < -0.4 is 5.32 Å². The molecule has 128 valence electrons. The molecule has 0 saturated carbocycles. The molecule has 0 radical (unpaired) electrons. The predicted octanol–water partition coefficient (Wildman–Crippen LogP) is 2.79. The second-order valence-electron chi connectivity index (χ2n) is 6.36. The molecular formula is C19H25N3O2. The number of benzene rings is 1. The van der Waals surface area contributed by atoms with Crippen molar-refractivity contribution < 1.29 is 9.21 Å². The minimum absolute atomic E-state index is 0.187. The van der Waals surface area contributed by atoms with Crippen LogP contribution in [-0.2, 0) is 11.2 Å². The quantitative estimate of drug-likeness (QED) is 0.917. The van der Waals surface area contributed by atoms with Crippen molar-refractivity contribution in [2.45, 2.75) is 38.6 Å². The Hall–Kier alpha value is -2.14. The molecule has 2 heterocycles. The molecule has 1 aromatic heterocycles. The van der Waals surface area contributed by atoms with Crippen LogP contribution in [0, 0.1) is 6.92 Å². The van der Waals surface area contributed by atoms with Crippen LogP contribution in [0.3, 0.4) is 0 Å². The molecule has 1 fully saturated rings. The Morgan fingerprint density at radius 1 is 1.38 bits per heavy atom. The molecule has 5 nitrogen and oxygen atoms in total. The van der Waals surface area contributed by atoms with Crippen molar-refractivity contribution in [3.8, 4) is 11.3 Å². The van der Waals surface area contributed by atoms with Gasteiger partial charge in [0.15, 0.2) is 11.7 Å². The maximum absolute atomic E-state index is 12.4. The second kappa shape index (κ2) is 7.62. The number of aromatic nitrogens is 1. The van der Waals surface area contributed by atoms with Crippen LogP contribution in [0.25, 0.3) is 11.3 Å². The molecule has 1 saturated heterocycles. The molecular weight excluding hydrogens is 302 g/mol. The largest absolute Gasteiger partial charge is 0.440 e. The van der Waals surface area contributed by atoms with Gasteiger partial charge in [-0.15, -0.1) is 0 Å². The molecule has 1 aromatic carbocycles. The summed E-state index contributed by atoms with van der Waals surface area (Å²) < 4.78 is 5.89. The van der Waals surface area contributed by atoms with Crippen LogP contribution in [-0.4, -0.2) is 42.0 Å². The lowest BCUT2D eigenvalue weighted by Crippen LogP contribution is -2.47. The van der Waals surface area contributed by atoms with Gasteiger partial charge in [0, 0.05) is 37.5 Å². The summed E-state index contributed by atoms with van der Waals surface area (Å²) in [5.74, 6) is 1.63. The highest BCUT2D eigenvalue weighted by atomic mass is 16.4. The van der Waals surface area contributed by atoms with Crippen molar-refractivity contribution >= 4 is 5.91 Å². The fourth-order valence-corrected chi connectivity index (χ4v) is 3.23. The number of amides is 1. The first-order valence-corrected chi connectivity index (χ1v) is 8.64. The fourth-order valence-electron chi connectivity index (χ4n) is 3.23. The van der Waals surface area contributed by atoms with Crippen LogP contribution in [0.1, 0.15) is 30.8 Å². The van der Waals surface area contributed by atoms with Crippen molar-refractivity contribution in [2.75, 3.05) is 20.1 Å². The van der Waals surface area contributed by atoms with E-state index in [1.54, 1.807) is 0 Å². The first-order chi connectivity index (χ1) is 11.7. The summed E-state index contributed by atoms with van der Waals surface area (Å²) in [6.45, 7) is 3.60. The Morgan fingerprint density at radius 3 is 2.92 bits per heavy atom. The zero-order valence-electron chi connectivity index (χ0n) is 14.4. The zero-order chi connectivity index (χ0) is 16.9. The van der Waals surface area contributed by atoms with Crippen LogP contribution in [0.4, 0.5) is 0 Å². The van der Waals surface area contributed by atoms with E-state index < -0.39 is 0 Å². The Balaban J connectivity index is 1.60. The normalized spacial score (nSPS) is 17.9. The minimum atomic E-state index is 0.187.